The lowest BCUT2D eigenvalue weighted by molar-refractivity contribution is -0.133. The lowest BCUT2D eigenvalue weighted by atomic mass is 10.1. The van der Waals surface area contributed by atoms with E-state index in [2.05, 4.69) is 11.8 Å². The second kappa shape index (κ2) is 10.6. The lowest BCUT2D eigenvalue weighted by Crippen LogP contribution is -2.50. The number of anilines is 2. The highest BCUT2D eigenvalue weighted by atomic mass is 35.5. The molecule has 1 fully saturated rings. The van der Waals surface area contributed by atoms with Crippen molar-refractivity contribution in [2.75, 3.05) is 49.0 Å². The van der Waals surface area contributed by atoms with Crippen LogP contribution in [0.5, 0.6) is 5.75 Å². The molecule has 9 heteroatoms. The number of amides is 1. The third kappa shape index (κ3) is 5.71. The van der Waals surface area contributed by atoms with Crippen LogP contribution >= 0.6 is 11.6 Å². The molecule has 0 saturated carbocycles. The van der Waals surface area contributed by atoms with Crippen LogP contribution in [0.15, 0.2) is 77.7 Å². The van der Waals surface area contributed by atoms with Gasteiger partial charge < -0.3 is 14.5 Å². The van der Waals surface area contributed by atoms with E-state index in [1.165, 1.54) is 11.4 Å². The van der Waals surface area contributed by atoms with Gasteiger partial charge in [0.25, 0.3) is 15.9 Å². The maximum atomic E-state index is 12.8. The first-order valence-electron chi connectivity index (χ1n) is 11.3. The van der Waals surface area contributed by atoms with Crippen molar-refractivity contribution in [3.05, 3.63) is 83.4 Å². The number of nitrogens with zero attached hydrogens (tertiary/aromatic N) is 3. The third-order valence-corrected chi connectivity index (χ3v) is 8.14. The van der Waals surface area contributed by atoms with Gasteiger partial charge in [0.15, 0.2) is 6.61 Å². The van der Waals surface area contributed by atoms with Crippen LogP contribution in [0.1, 0.15) is 5.56 Å². The molecule has 184 valence electrons. The number of piperazine rings is 1. The number of carbonyl (C=O) groups is 1. The molecule has 0 spiro atoms. The molecule has 0 aromatic heterocycles. The van der Waals surface area contributed by atoms with Crippen molar-refractivity contribution in [3.63, 3.8) is 0 Å². The van der Waals surface area contributed by atoms with Crippen LogP contribution in [0.3, 0.4) is 0 Å². The number of aryl methyl sites for hydroxylation is 1. The molecule has 1 saturated heterocycles. The van der Waals surface area contributed by atoms with Crippen molar-refractivity contribution < 1.29 is 17.9 Å². The molecule has 0 aliphatic carbocycles. The number of hydrogen-bond donors (Lipinski definition) is 0. The van der Waals surface area contributed by atoms with Crippen molar-refractivity contribution in [3.8, 4) is 5.75 Å². The predicted octanol–water partition coefficient (Wildman–Crippen LogP) is 4.20. The second-order valence-corrected chi connectivity index (χ2v) is 10.8. The first-order chi connectivity index (χ1) is 16.8. The SMILES string of the molecule is Cc1ccc(Cl)cc1N1CCN(C(=O)COc2ccc(N(C)S(=O)(=O)c3ccccc3)cc2)CC1. The molecule has 0 N–H and O–H groups in total. The Hall–Kier alpha value is -3.23. The molecule has 7 nitrogen and oxygen atoms in total. The first kappa shape index (κ1) is 24.9. The molecular weight excluding hydrogens is 486 g/mol. The summed E-state index contributed by atoms with van der Waals surface area (Å²) in [5.74, 6) is 0.418. The van der Waals surface area contributed by atoms with Gasteiger partial charge in [0.05, 0.1) is 10.6 Å². The molecule has 3 aromatic rings. The molecule has 4 rings (SSSR count). The Labute approximate surface area is 211 Å². The second-order valence-electron chi connectivity index (χ2n) is 8.37. The highest BCUT2D eigenvalue weighted by molar-refractivity contribution is 7.92. The van der Waals surface area contributed by atoms with Crippen LogP contribution in [0.25, 0.3) is 0 Å². The topological polar surface area (TPSA) is 70.2 Å². The molecule has 35 heavy (non-hydrogen) atoms. The van der Waals surface area contributed by atoms with Crippen LogP contribution in [0.4, 0.5) is 11.4 Å². The monoisotopic (exact) mass is 513 g/mol. The number of halogens is 1. The summed E-state index contributed by atoms with van der Waals surface area (Å²) in [5, 5.41) is 0.701. The zero-order chi connectivity index (χ0) is 25.0. The fourth-order valence-electron chi connectivity index (χ4n) is 4.00. The van der Waals surface area contributed by atoms with Gasteiger partial charge in [0, 0.05) is 43.9 Å². The number of rotatable bonds is 7. The van der Waals surface area contributed by atoms with Gasteiger partial charge in [-0.15, -0.1) is 0 Å². The summed E-state index contributed by atoms with van der Waals surface area (Å²) in [6.45, 7) is 4.64. The third-order valence-electron chi connectivity index (χ3n) is 6.11. The standard InChI is InChI=1S/C26H28ClN3O4S/c1-20-8-9-21(27)18-25(20)29-14-16-30(17-15-29)26(31)19-34-23-12-10-22(11-13-23)28(2)35(32,33)24-6-4-3-5-7-24/h3-13,18H,14-17,19H2,1-2H3. The normalized spacial score (nSPS) is 14.0. The predicted molar refractivity (Wildman–Crippen MR) is 139 cm³/mol. The average molecular weight is 514 g/mol. The minimum atomic E-state index is -3.65. The number of carbonyl (C=O) groups excluding carboxylic acids is 1. The smallest absolute Gasteiger partial charge is 0.264 e. The molecule has 3 aromatic carbocycles. The molecule has 0 bridgehead atoms. The van der Waals surface area contributed by atoms with Gasteiger partial charge >= 0.3 is 0 Å². The summed E-state index contributed by atoms with van der Waals surface area (Å²) in [6.07, 6.45) is 0. The van der Waals surface area contributed by atoms with E-state index in [-0.39, 0.29) is 17.4 Å². The zero-order valence-corrected chi connectivity index (χ0v) is 21.3. The summed E-state index contributed by atoms with van der Waals surface area (Å²) in [5.41, 5.74) is 2.75. The molecule has 1 heterocycles. The van der Waals surface area contributed by atoms with Gasteiger partial charge in [-0.2, -0.15) is 0 Å². The quantitative estimate of drug-likeness (QED) is 0.473. The summed E-state index contributed by atoms with van der Waals surface area (Å²) in [4.78, 5) is 16.9. The Morgan fingerprint density at radius 3 is 2.29 bits per heavy atom. The van der Waals surface area contributed by atoms with E-state index in [4.69, 9.17) is 16.3 Å². The maximum absolute atomic E-state index is 12.8. The number of hydrogen-bond acceptors (Lipinski definition) is 5. The molecular formula is C26H28ClN3O4S. The summed E-state index contributed by atoms with van der Waals surface area (Å²) < 4.78 is 32.5. The largest absolute Gasteiger partial charge is 0.484 e. The van der Waals surface area contributed by atoms with E-state index in [0.29, 0.717) is 29.5 Å². The van der Waals surface area contributed by atoms with Gasteiger partial charge in [0.2, 0.25) is 0 Å². The van der Waals surface area contributed by atoms with Crippen LogP contribution in [-0.2, 0) is 14.8 Å². The van der Waals surface area contributed by atoms with E-state index >= 15 is 0 Å². The zero-order valence-electron chi connectivity index (χ0n) is 19.7. The van der Waals surface area contributed by atoms with Gasteiger partial charge in [-0.05, 0) is 61.0 Å². The van der Waals surface area contributed by atoms with Crippen molar-refractivity contribution in [2.24, 2.45) is 0 Å². The molecule has 0 radical (unpaired) electrons. The fourth-order valence-corrected chi connectivity index (χ4v) is 5.38. The molecule has 1 amide bonds. The van der Waals surface area contributed by atoms with Crippen molar-refractivity contribution in [1.82, 2.24) is 4.90 Å². The summed E-state index contributed by atoms with van der Waals surface area (Å²) in [6, 6.07) is 20.8. The van der Waals surface area contributed by atoms with Crippen LogP contribution in [0, 0.1) is 6.92 Å². The Morgan fingerprint density at radius 1 is 0.971 bits per heavy atom. The molecule has 0 atom stereocenters. The Kier molecular flexibility index (Phi) is 7.52. The number of benzene rings is 3. The number of ether oxygens (including phenoxy) is 1. The molecule has 1 aliphatic rings. The van der Waals surface area contributed by atoms with Crippen LogP contribution < -0.4 is 13.9 Å². The highest BCUT2D eigenvalue weighted by Crippen LogP contribution is 2.26. The maximum Gasteiger partial charge on any atom is 0.264 e. The van der Waals surface area contributed by atoms with Crippen molar-refractivity contribution >= 4 is 38.9 Å². The average Bonchev–Trinajstić information content (AvgIpc) is 2.89. The van der Waals surface area contributed by atoms with E-state index in [1.807, 2.05) is 18.2 Å². The van der Waals surface area contributed by atoms with Crippen LogP contribution in [0.2, 0.25) is 5.02 Å². The van der Waals surface area contributed by atoms with Crippen molar-refractivity contribution in [1.29, 1.82) is 0 Å². The fraction of sp³-hybridized carbons (Fsp3) is 0.269. The van der Waals surface area contributed by atoms with Gasteiger partial charge in [0.1, 0.15) is 5.75 Å². The molecule has 0 unspecified atom stereocenters. The molecule has 1 aliphatic heterocycles. The lowest BCUT2D eigenvalue weighted by Gasteiger charge is -2.36. The van der Waals surface area contributed by atoms with Crippen molar-refractivity contribution in [2.45, 2.75) is 11.8 Å². The highest BCUT2D eigenvalue weighted by Gasteiger charge is 2.23. The van der Waals surface area contributed by atoms with Gasteiger partial charge in [-0.1, -0.05) is 35.9 Å². The van der Waals surface area contributed by atoms with E-state index in [9.17, 15) is 13.2 Å². The van der Waals surface area contributed by atoms with E-state index in [0.717, 1.165) is 24.3 Å². The summed E-state index contributed by atoms with van der Waals surface area (Å²) in [7, 11) is -2.15. The number of sulfonamides is 1. The van der Waals surface area contributed by atoms with Gasteiger partial charge in [-0.25, -0.2) is 8.42 Å². The minimum absolute atomic E-state index is 0.0757. The van der Waals surface area contributed by atoms with E-state index in [1.54, 1.807) is 59.5 Å². The van der Waals surface area contributed by atoms with Gasteiger partial charge in [-0.3, -0.25) is 9.10 Å². The first-order valence-corrected chi connectivity index (χ1v) is 13.1. The van der Waals surface area contributed by atoms with Crippen LogP contribution in [-0.4, -0.2) is 59.1 Å². The summed E-state index contributed by atoms with van der Waals surface area (Å²) >= 11 is 6.15. The Bertz CT molecular complexity index is 1280. The Morgan fingerprint density at radius 2 is 1.63 bits per heavy atom. The van der Waals surface area contributed by atoms with E-state index < -0.39 is 10.0 Å². The Balaban J connectivity index is 1.30. The minimum Gasteiger partial charge on any atom is -0.484 e.